The number of nitrogens with one attached hydrogen (secondary N) is 3. The molecule has 1 rings (SSSR count). The molecular weight excluding hydrogens is 328 g/mol. The van der Waals surface area contributed by atoms with E-state index in [2.05, 4.69) is 16.0 Å². The molecule has 0 aliphatic rings. The standard InChI is InChI=1S/C20H36N4O2/c21-12-5-8-14-23-16-9-15-22-13-6-2-7-17-24-20(25)26-18-19-10-3-1-4-11-19/h1,3-4,10-11,22-23H,2,5-9,12-18,21H2,(H,24,25). The van der Waals surface area contributed by atoms with Crippen LogP contribution in [0.2, 0.25) is 0 Å². The largest absolute Gasteiger partial charge is 0.445 e. The van der Waals surface area contributed by atoms with E-state index in [0.29, 0.717) is 13.2 Å². The molecule has 1 aromatic rings. The van der Waals surface area contributed by atoms with Crippen molar-refractivity contribution < 1.29 is 9.53 Å². The van der Waals surface area contributed by atoms with Gasteiger partial charge in [0.15, 0.2) is 0 Å². The van der Waals surface area contributed by atoms with E-state index in [1.54, 1.807) is 0 Å². The third kappa shape index (κ3) is 13.6. The molecule has 0 aliphatic carbocycles. The highest BCUT2D eigenvalue weighted by Crippen LogP contribution is 2.00. The molecule has 148 valence electrons. The van der Waals surface area contributed by atoms with Gasteiger partial charge in [0.1, 0.15) is 6.61 Å². The summed E-state index contributed by atoms with van der Waals surface area (Å²) in [5.74, 6) is 0. The zero-order chi connectivity index (χ0) is 18.7. The lowest BCUT2D eigenvalue weighted by molar-refractivity contribution is 0.139. The van der Waals surface area contributed by atoms with Gasteiger partial charge >= 0.3 is 6.09 Å². The van der Waals surface area contributed by atoms with E-state index in [4.69, 9.17) is 10.5 Å². The molecule has 0 spiro atoms. The molecule has 0 fully saturated rings. The molecule has 6 heteroatoms. The Balaban J connectivity index is 1.78. The molecule has 5 N–H and O–H groups in total. The Morgan fingerprint density at radius 1 is 0.808 bits per heavy atom. The summed E-state index contributed by atoms with van der Waals surface area (Å²) in [6, 6.07) is 9.70. The minimum absolute atomic E-state index is 0.318. The Bertz CT molecular complexity index is 443. The summed E-state index contributed by atoms with van der Waals surface area (Å²) in [7, 11) is 0. The summed E-state index contributed by atoms with van der Waals surface area (Å²) in [5.41, 5.74) is 6.45. The number of carbonyl (C=O) groups excluding carboxylic acids is 1. The van der Waals surface area contributed by atoms with Crippen LogP contribution in [0, 0.1) is 0 Å². The number of carbonyl (C=O) groups is 1. The highest BCUT2D eigenvalue weighted by Gasteiger charge is 2.01. The SMILES string of the molecule is NCCCCNCCCNCCCCCNC(=O)OCc1ccccc1. The third-order valence-electron chi connectivity index (χ3n) is 4.03. The van der Waals surface area contributed by atoms with Crippen LogP contribution in [0.1, 0.15) is 44.1 Å². The predicted molar refractivity (Wildman–Crippen MR) is 107 cm³/mol. The lowest BCUT2D eigenvalue weighted by Crippen LogP contribution is -2.25. The maximum Gasteiger partial charge on any atom is 0.407 e. The van der Waals surface area contributed by atoms with E-state index in [1.807, 2.05) is 30.3 Å². The number of nitrogens with two attached hydrogens (primary N) is 1. The van der Waals surface area contributed by atoms with E-state index >= 15 is 0 Å². The first-order valence-corrected chi connectivity index (χ1v) is 9.89. The second kappa shape index (κ2) is 16.8. The van der Waals surface area contributed by atoms with E-state index in [9.17, 15) is 4.79 Å². The predicted octanol–water partition coefficient (Wildman–Crippen LogP) is 2.39. The normalized spacial score (nSPS) is 10.7. The van der Waals surface area contributed by atoms with Crippen LogP contribution in [0.5, 0.6) is 0 Å². The topological polar surface area (TPSA) is 88.4 Å². The molecule has 0 atom stereocenters. The number of hydrogen-bond donors (Lipinski definition) is 4. The fourth-order valence-corrected chi connectivity index (χ4v) is 2.50. The first-order valence-electron chi connectivity index (χ1n) is 9.89. The average Bonchev–Trinajstić information content (AvgIpc) is 2.67. The highest BCUT2D eigenvalue weighted by molar-refractivity contribution is 5.67. The van der Waals surface area contributed by atoms with Crippen LogP contribution in [0.25, 0.3) is 0 Å². The number of amides is 1. The Morgan fingerprint density at radius 2 is 1.42 bits per heavy atom. The minimum Gasteiger partial charge on any atom is -0.445 e. The van der Waals surface area contributed by atoms with Gasteiger partial charge in [0.05, 0.1) is 0 Å². The van der Waals surface area contributed by atoms with Crippen molar-refractivity contribution in [1.29, 1.82) is 0 Å². The van der Waals surface area contributed by atoms with Gasteiger partial charge in [0.2, 0.25) is 0 Å². The Morgan fingerprint density at radius 3 is 2.12 bits per heavy atom. The highest BCUT2D eigenvalue weighted by atomic mass is 16.5. The molecule has 0 heterocycles. The number of ether oxygens (including phenoxy) is 1. The first kappa shape index (κ1) is 22.4. The lowest BCUT2D eigenvalue weighted by Gasteiger charge is -2.08. The van der Waals surface area contributed by atoms with Crippen molar-refractivity contribution in [2.75, 3.05) is 39.3 Å². The van der Waals surface area contributed by atoms with Crippen LogP contribution >= 0.6 is 0 Å². The van der Waals surface area contributed by atoms with Crippen LogP contribution < -0.4 is 21.7 Å². The average molecular weight is 365 g/mol. The number of unbranched alkanes of at least 4 members (excludes halogenated alkanes) is 3. The maximum atomic E-state index is 11.6. The number of rotatable bonds is 16. The fourth-order valence-electron chi connectivity index (χ4n) is 2.50. The van der Waals surface area contributed by atoms with Crippen LogP contribution in [-0.4, -0.2) is 45.4 Å². The minimum atomic E-state index is -0.342. The van der Waals surface area contributed by atoms with Crippen molar-refractivity contribution in [1.82, 2.24) is 16.0 Å². The molecule has 0 unspecified atom stereocenters. The van der Waals surface area contributed by atoms with Crippen molar-refractivity contribution in [3.63, 3.8) is 0 Å². The van der Waals surface area contributed by atoms with Gasteiger partial charge in [-0.05, 0) is 70.4 Å². The van der Waals surface area contributed by atoms with Crippen LogP contribution in [0.4, 0.5) is 4.79 Å². The van der Waals surface area contributed by atoms with Crippen LogP contribution in [0.3, 0.4) is 0 Å². The van der Waals surface area contributed by atoms with Crippen LogP contribution in [0.15, 0.2) is 30.3 Å². The van der Waals surface area contributed by atoms with E-state index in [1.165, 1.54) is 0 Å². The maximum absolute atomic E-state index is 11.6. The van der Waals surface area contributed by atoms with E-state index in [-0.39, 0.29) is 6.09 Å². The smallest absolute Gasteiger partial charge is 0.407 e. The fraction of sp³-hybridized carbons (Fsp3) is 0.650. The van der Waals surface area contributed by atoms with Gasteiger partial charge < -0.3 is 26.4 Å². The Labute approximate surface area is 158 Å². The van der Waals surface area contributed by atoms with Gasteiger partial charge in [-0.2, -0.15) is 0 Å². The van der Waals surface area contributed by atoms with Gasteiger partial charge in [-0.25, -0.2) is 4.79 Å². The Kier molecular flexibility index (Phi) is 14.5. The van der Waals surface area contributed by atoms with Crippen molar-refractivity contribution in [3.8, 4) is 0 Å². The van der Waals surface area contributed by atoms with Crippen molar-refractivity contribution in [2.24, 2.45) is 5.73 Å². The van der Waals surface area contributed by atoms with Crippen molar-refractivity contribution >= 4 is 6.09 Å². The van der Waals surface area contributed by atoms with E-state index < -0.39 is 0 Å². The summed E-state index contributed by atoms with van der Waals surface area (Å²) < 4.78 is 5.17. The summed E-state index contributed by atoms with van der Waals surface area (Å²) >= 11 is 0. The summed E-state index contributed by atoms with van der Waals surface area (Å²) in [5, 5.41) is 9.67. The van der Waals surface area contributed by atoms with E-state index in [0.717, 1.165) is 76.8 Å². The molecule has 1 amide bonds. The zero-order valence-electron chi connectivity index (χ0n) is 16.0. The molecule has 26 heavy (non-hydrogen) atoms. The van der Waals surface area contributed by atoms with Gasteiger partial charge in [-0.15, -0.1) is 0 Å². The molecule has 0 bridgehead atoms. The molecular formula is C20H36N4O2. The van der Waals surface area contributed by atoms with Gasteiger partial charge in [0.25, 0.3) is 0 Å². The quantitative estimate of drug-likeness (QED) is 0.338. The van der Waals surface area contributed by atoms with Gasteiger partial charge in [-0.3, -0.25) is 0 Å². The number of benzene rings is 1. The Hall–Kier alpha value is -1.63. The first-order chi connectivity index (χ1) is 12.8. The van der Waals surface area contributed by atoms with Gasteiger partial charge in [0, 0.05) is 6.54 Å². The van der Waals surface area contributed by atoms with Crippen LogP contribution in [-0.2, 0) is 11.3 Å². The van der Waals surface area contributed by atoms with Gasteiger partial charge in [-0.1, -0.05) is 36.8 Å². The second-order valence-corrected chi connectivity index (χ2v) is 6.40. The second-order valence-electron chi connectivity index (χ2n) is 6.40. The molecule has 0 aromatic heterocycles. The molecule has 1 aromatic carbocycles. The molecule has 0 saturated carbocycles. The third-order valence-corrected chi connectivity index (χ3v) is 4.03. The number of hydrogen-bond acceptors (Lipinski definition) is 5. The number of alkyl carbamates (subject to hydrolysis) is 1. The van der Waals surface area contributed by atoms with Crippen molar-refractivity contribution in [3.05, 3.63) is 35.9 Å². The molecule has 6 nitrogen and oxygen atoms in total. The molecule has 0 aliphatic heterocycles. The summed E-state index contributed by atoms with van der Waals surface area (Å²) in [6.07, 6.45) is 6.28. The molecule has 0 saturated heterocycles. The van der Waals surface area contributed by atoms with Crippen molar-refractivity contribution in [2.45, 2.75) is 45.1 Å². The monoisotopic (exact) mass is 364 g/mol. The summed E-state index contributed by atoms with van der Waals surface area (Å²) in [4.78, 5) is 11.6. The lowest BCUT2D eigenvalue weighted by atomic mass is 10.2. The molecule has 0 radical (unpaired) electrons. The zero-order valence-corrected chi connectivity index (χ0v) is 16.0. The summed E-state index contributed by atoms with van der Waals surface area (Å²) in [6.45, 7) is 5.98.